The molecule has 0 saturated carbocycles. The largest absolute Gasteiger partial charge is 0.480 e. The monoisotopic (exact) mass is 539 g/mol. The number of nitrogens with zero attached hydrogens (tertiary/aromatic N) is 1. The van der Waals surface area contributed by atoms with E-state index in [0.29, 0.717) is 24.9 Å². The Hall–Kier alpha value is -3.22. The van der Waals surface area contributed by atoms with E-state index in [-0.39, 0.29) is 31.8 Å². The van der Waals surface area contributed by atoms with Crippen molar-refractivity contribution in [1.82, 2.24) is 20.9 Å². The number of carboxylic acids is 1. The number of aliphatic carboxylic acids is 1. The highest BCUT2D eigenvalue weighted by Crippen LogP contribution is 2.20. The Morgan fingerprint density at radius 2 is 1.78 bits per heavy atom. The van der Waals surface area contributed by atoms with Crippen LogP contribution in [0.15, 0.2) is 30.3 Å². The number of aliphatic hydroxyl groups is 1. The van der Waals surface area contributed by atoms with E-state index in [1.54, 1.807) is 30.3 Å². The fourth-order valence-electron chi connectivity index (χ4n) is 4.61. The number of amides is 4. The van der Waals surface area contributed by atoms with Crippen molar-refractivity contribution in [2.75, 3.05) is 13.1 Å². The van der Waals surface area contributed by atoms with Gasteiger partial charge in [-0.15, -0.1) is 12.4 Å². The minimum atomic E-state index is -1.75. The van der Waals surface area contributed by atoms with E-state index < -0.39 is 66.3 Å². The van der Waals surface area contributed by atoms with Gasteiger partial charge < -0.3 is 36.8 Å². The number of nitrogens with two attached hydrogens (primary N) is 1. The molecule has 5 atom stereocenters. The summed E-state index contributed by atoms with van der Waals surface area (Å²) in [5.74, 6) is -4.03. The first-order chi connectivity index (χ1) is 17.2. The van der Waals surface area contributed by atoms with E-state index in [4.69, 9.17) is 5.73 Å². The number of benzene rings is 1. The van der Waals surface area contributed by atoms with Crippen molar-refractivity contribution in [2.45, 2.75) is 68.8 Å². The van der Waals surface area contributed by atoms with E-state index in [0.717, 1.165) is 11.3 Å². The third-order valence-electron chi connectivity index (χ3n) is 6.50. The van der Waals surface area contributed by atoms with Crippen LogP contribution in [0.5, 0.6) is 0 Å². The van der Waals surface area contributed by atoms with Crippen LogP contribution in [0.25, 0.3) is 0 Å². The van der Waals surface area contributed by atoms with Gasteiger partial charge in [0, 0.05) is 6.54 Å². The number of carbonyl (C=O) groups excluding carboxylic acids is 4. The average Bonchev–Trinajstić information content (AvgIpc) is 3.55. The standard InChI is InChI=1S/C24H33N5O7.ClH/c25-19(30)13-17(28-21(32)15-8-4-10-26-15)22(33)27-16(12-14-6-2-1-3-7-14)20(31)23(34)29-11-5-9-18(29)24(35)36;/h1-3,6-7,15-18,20,26,31H,4-5,8-13H2,(H2,25,30)(H,27,33)(H,28,32)(H,35,36);1H/t15-,16?,17-,18-,20?;/m0./s1. The molecule has 1 aromatic carbocycles. The van der Waals surface area contributed by atoms with Gasteiger partial charge in [-0.3, -0.25) is 19.2 Å². The fourth-order valence-corrected chi connectivity index (χ4v) is 4.61. The first-order valence-corrected chi connectivity index (χ1v) is 12.0. The number of hydrogen-bond acceptors (Lipinski definition) is 7. The van der Waals surface area contributed by atoms with E-state index >= 15 is 0 Å². The number of rotatable bonds is 11. The molecule has 12 nitrogen and oxygen atoms in total. The number of carbonyl (C=O) groups is 5. The van der Waals surface area contributed by atoms with Gasteiger partial charge in [0.25, 0.3) is 5.91 Å². The highest BCUT2D eigenvalue weighted by Gasteiger charge is 2.40. The van der Waals surface area contributed by atoms with Crippen LogP contribution in [-0.2, 0) is 30.4 Å². The SMILES string of the molecule is Cl.NC(=O)C[C@H](NC(=O)[C@@H]1CCCN1)C(=O)NC(Cc1ccccc1)C(O)C(=O)N1CCC[C@H]1C(=O)O. The maximum absolute atomic E-state index is 13.2. The molecule has 0 spiro atoms. The Bertz CT molecular complexity index is 973. The number of primary amides is 1. The number of likely N-dealkylation sites (tertiary alicyclic amines) is 1. The molecule has 13 heteroatoms. The molecule has 2 aliphatic heterocycles. The van der Waals surface area contributed by atoms with Gasteiger partial charge in [0.1, 0.15) is 12.1 Å². The molecule has 37 heavy (non-hydrogen) atoms. The molecule has 204 valence electrons. The fraction of sp³-hybridized carbons (Fsp3) is 0.542. The Kier molecular flexibility index (Phi) is 11.3. The molecule has 4 amide bonds. The summed E-state index contributed by atoms with van der Waals surface area (Å²) in [6.45, 7) is 0.833. The number of aliphatic hydroxyl groups excluding tert-OH is 1. The molecule has 2 heterocycles. The third kappa shape index (κ3) is 8.14. The molecule has 3 rings (SSSR count). The minimum absolute atomic E-state index is 0. The molecule has 0 aromatic heterocycles. The highest BCUT2D eigenvalue weighted by atomic mass is 35.5. The first-order valence-electron chi connectivity index (χ1n) is 12.0. The second-order valence-electron chi connectivity index (χ2n) is 9.16. The van der Waals surface area contributed by atoms with Crippen molar-refractivity contribution in [2.24, 2.45) is 5.73 Å². The molecule has 7 N–H and O–H groups in total. The maximum atomic E-state index is 13.2. The Morgan fingerprint density at radius 3 is 2.38 bits per heavy atom. The van der Waals surface area contributed by atoms with Crippen molar-refractivity contribution in [3.8, 4) is 0 Å². The lowest BCUT2D eigenvalue weighted by molar-refractivity contribution is -0.153. The van der Waals surface area contributed by atoms with Gasteiger partial charge in [-0.2, -0.15) is 0 Å². The lowest BCUT2D eigenvalue weighted by atomic mass is 9.99. The van der Waals surface area contributed by atoms with E-state index in [2.05, 4.69) is 16.0 Å². The van der Waals surface area contributed by atoms with Crippen LogP contribution in [-0.4, -0.2) is 88.1 Å². The molecule has 2 aliphatic rings. The van der Waals surface area contributed by atoms with Crippen molar-refractivity contribution in [3.63, 3.8) is 0 Å². The number of nitrogens with one attached hydrogen (secondary N) is 3. The molecule has 2 fully saturated rings. The smallest absolute Gasteiger partial charge is 0.326 e. The number of halogens is 1. The number of carboxylic acid groups (broad SMARTS) is 1. The quantitative estimate of drug-likeness (QED) is 0.199. The van der Waals surface area contributed by atoms with E-state index in [1.165, 1.54) is 0 Å². The van der Waals surface area contributed by atoms with Gasteiger partial charge in [-0.25, -0.2) is 4.79 Å². The maximum Gasteiger partial charge on any atom is 0.326 e. The van der Waals surface area contributed by atoms with Crippen molar-refractivity contribution >= 4 is 42.0 Å². The summed E-state index contributed by atoms with van der Waals surface area (Å²) in [6, 6.07) is 4.79. The topological polar surface area (TPSA) is 191 Å². The van der Waals surface area contributed by atoms with Crippen molar-refractivity contribution < 1.29 is 34.2 Å². The van der Waals surface area contributed by atoms with Crippen LogP contribution >= 0.6 is 12.4 Å². The second-order valence-corrected chi connectivity index (χ2v) is 9.16. The van der Waals surface area contributed by atoms with Gasteiger partial charge >= 0.3 is 5.97 Å². The van der Waals surface area contributed by atoms with Crippen molar-refractivity contribution in [1.29, 1.82) is 0 Å². The van der Waals surface area contributed by atoms with Crippen LogP contribution < -0.4 is 21.7 Å². The predicted octanol–water partition coefficient (Wildman–Crippen LogP) is -1.32. The van der Waals surface area contributed by atoms with Crippen LogP contribution in [0.3, 0.4) is 0 Å². The van der Waals surface area contributed by atoms with Crippen LogP contribution in [0.1, 0.15) is 37.7 Å². The van der Waals surface area contributed by atoms with Gasteiger partial charge in [-0.05, 0) is 44.2 Å². The average molecular weight is 540 g/mol. The van der Waals surface area contributed by atoms with Gasteiger partial charge in [-0.1, -0.05) is 30.3 Å². The Labute approximate surface area is 220 Å². The molecular weight excluding hydrogens is 506 g/mol. The lowest BCUT2D eigenvalue weighted by Crippen LogP contribution is -2.59. The molecule has 2 unspecified atom stereocenters. The first kappa shape index (κ1) is 30.0. The Balaban J connectivity index is 0.00000481. The zero-order valence-corrected chi connectivity index (χ0v) is 21.1. The molecule has 1 aromatic rings. The van der Waals surface area contributed by atoms with Crippen LogP contribution in [0.2, 0.25) is 0 Å². The zero-order valence-electron chi connectivity index (χ0n) is 20.3. The molecule has 2 saturated heterocycles. The summed E-state index contributed by atoms with van der Waals surface area (Å²) >= 11 is 0. The van der Waals surface area contributed by atoms with Crippen molar-refractivity contribution in [3.05, 3.63) is 35.9 Å². The molecule has 0 aliphatic carbocycles. The zero-order chi connectivity index (χ0) is 26.2. The summed E-state index contributed by atoms with van der Waals surface area (Å²) in [5.41, 5.74) is 6.00. The van der Waals surface area contributed by atoms with Gasteiger partial charge in [0.2, 0.25) is 17.7 Å². The van der Waals surface area contributed by atoms with Gasteiger partial charge in [0.15, 0.2) is 6.10 Å². The lowest BCUT2D eigenvalue weighted by Gasteiger charge is -2.30. The Morgan fingerprint density at radius 1 is 1.08 bits per heavy atom. The minimum Gasteiger partial charge on any atom is -0.480 e. The highest BCUT2D eigenvalue weighted by molar-refractivity contribution is 5.94. The van der Waals surface area contributed by atoms with Gasteiger partial charge in [0.05, 0.1) is 18.5 Å². The summed E-state index contributed by atoms with van der Waals surface area (Å²) < 4.78 is 0. The second kappa shape index (κ2) is 13.9. The molecule has 0 bridgehead atoms. The summed E-state index contributed by atoms with van der Waals surface area (Å²) in [7, 11) is 0. The van der Waals surface area contributed by atoms with E-state index in [1.807, 2.05) is 0 Å². The molecule has 0 radical (unpaired) electrons. The van der Waals surface area contributed by atoms with E-state index in [9.17, 15) is 34.2 Å². The summed E-state index contributed by atoms with van der Waals surface area (Å²) in [4.78, 5) is 63.1. The number of hydrogen-bond donors (Lipinski definition) is 6. The summed E-state index contributed by atoms with van der Waals surface area (Å²) in [6.07, 6.45) is -0.0480. The third-order valence-corrected chi connectivity index (χ3v) is 6.50. The van der Waals surface area contributed by atoms with Crippen LogP contribution in [0.4, 0.5) is 0 Å². The summed E-state index contributed by atoms with van der Waals surface area (Å²) in [5, 5.41) is 28.5. The van der Waals surface area contributed by atoms with Crippen LogP contribution in [0, 0.1) is 0 Å². The predicted molar refractivity (Wildman–Crippen MR) is 134 cm³/mol. The molecular formula is C24H34ClN5O7. The normalized spacial score (nSPS) is 21.3.